The average molecular weight is 565 g/mol. The van der Waals surface area contributed by atoms with Gasteiger partial charge in [-0.2, -0.15) is 0 Å². The van der Waals surface area contributed by atoms with Gasteiger partial charge < -0.3 is 10.1 Å². The second kappa shape index (κ2) is 11.1. The number of aryl methyl sites for hydroxylation is 1. The fourth-order valence-electron chi connectivity index (χ4n) is 4.15. The van der Waals surface area contributed by atoms with Gasteiger partial charge in [0.05, 0.1) is 17.1 Å². The number of nitrogens with one attached hydrogen (secondary N) is 1. The normalized spacial score (nSPS) is 14.9. The number of rotatable bonds is 7. The summed E-state index contributed by atoms with van der Waals surface area (Å²) in [4.78, 5) is 14.6. The van der Waals surface area contributed by atoms with Crippen molar-refractivity contribution in [1.29, 1.82) is 0 Å². The van der Waals surface area contributed by atoms with E-state index in [-0.39, 0.29) is 11.4 Å². The van der Waals surface area contributed by atoms with Crippen LogP contribution >= 0.6 is 23.4 Å². The number of para-hydroxylation sites is 2. The molecule has 0 aliphatic carbocycles. The molecule has 38 heavy (non-hydrogen) atoms. The summed E-state index contributed by atoms with van der Waals surface area (Å²) in [7, 11) is -3.96. The van der Waals surface area contributed by atoms with Crippen LogP contribution in [0.5, 0.6) is 5.75 Å². The number of thioether (sulfide) groups is 1. The zero-order chi connectivity index (χ0) is 26.7. The molecule has 0 spiro atoms. The van der Waals surface area contributed by atoms with Crippen LogP contribution in [0, 0.1) is 6.92 Å². The second-order valence-corrected chi connectivity index (χ2v) is 12.2. The second-order valence-electron chi connectivity index (χ2n) is 8.80. The zero-order valence-corrected chi connectivity index (χ0v) is 22.9. The molecule has 0 unspecified atom stereocenters. The molecule has 1 aliphatic heterocycles. The lowest BCUT2D eigenvalue weighted by molar-refractivity contribution is -0.122. The molecule has 1 heterocycles. The number of halogens is 1. The van der Waals surface area contributed by atoms with Crippen molar-refractivity contribution < 1.29 is 17.9 Å². The van der Waals surface area contributed by atoms with Crippen LogP contribution in [-0.2, 0) is 20.6 Å². The first-order valence-corrected chi connectivity index (χ1v) is 14.7. The summed E-state index contributed by atoms with van der Waals surface area (Å²) in [5, 5.41) is 3.36. The highest BCUT2D eigenvalue weighted by Crippen LogP contribution is 2.37. The van der Waals surface area contributed by atoms with Crippen LogP contribution in [0.25, 0.3) is 0 Å². The first-order valence-electron chi connectivity index (χ1n) is 11.9. The van der Waals surface area contributed by atoms with Gasteiger partial charge in [-0.25, -0.2) is 8.42 Å². The summed E-state index contributed by atoms with van der Waals surface area (Å²) in [6.07, 6.45) is -1.04. The Labute approximate surface area is 231 Å². The predicted molar refractivity (Wildman–Crippen MR) is 153 cm³/mol. The van der Waals surface area contributed by atoms with Gasteiger partial charge in [0.1, 0.15) is 5.75 Å². The Bertz CT molecular complexity index is 1560. The molecule has 1 N–H and O–H groups in total. The summed E-state index contributed by atoms with van der Waals surface area (Å²) >= 11 is 7.70. The number of benzene rings is 4. The van der Waals surface area contributed by atoms with E-state index in [1.54, 1.807) is 36.0 Å². The smallest absolute Gasteiger partial charge is 0.267 e. The maximum absolute atomic E-state index is 13.5. The van der Waals surface area contributed by atoms with Crippen LogP contribution in [0.4, 0.5) is 11.4 Å². The Hall–Kier alpha value is -3.46. The molecule has 9 heteroatoms. The van der Waals surface area contributed by atoms with Crippen molar-refractivity contribution in [3.63, 3.8) is 0 Å². The number of carbonyl (C=O) groups is 1. The van der Waals surface area contributed by atoms with Crippen LogP contribution < -0.4 is 14.4 Å². The first-order chi connectivity index (χ1) is 18.3. The van der Waals surface area contributed by atoms with Gasteiger partial charge in [0.25, 0.3) is 15.9 Å². The lowest BCUT2D eigenvalue weighted by Gasteiger charge is -2.34. The lowest BCUT2D eigenvalue weighted by Crippen LogP contribution is -2.48. The van der Waals surface area contributed by atoms with Gasteiger partial charge in [-0.15, -0.1) is 11.8 Å². The maximum Gasteiger partial charge on any atom is 0.267 e. The van der Waals surface area contributed by atoms with Crippen molar-refractivity contribution in [3.05, 3.63) is 113 Å². The van der Waals surface area contributed by atoms with E-state index in [2.05, 4.69) is 17.4 Å². The van der Waals surface area contributed by atoms with E-state index in [0.29, 0.717) is 22.1 Å². The Morgan fingerprint density at radius 1 is 1.00 bits per heavy atom. The molecule has 0 saturated carbocycles. The third kappa shape index (κ3) is 5.67. The predicted octanol–water partition coefficient (Wildman–Crippen LogP) is 6.54. The number of sulfonamides is 1. The summed E-state index contributed by atoms with van der Waals surface area (Å²) in [6.45, 7) is 1.76. The molecule has 0 bridgehead atoms. The number of nitrogens with zero attached hydrogens (tertiary/aromatic N) is 1. The summed E-state index contributed by atoms with van der Waals surface area (Å²) < 4.78 is 34.2. The quantitative estimate of drug-likeness (QED) is 0.258. The number of amides is 1. The van der Waals surface area contributed by atoms with Crippen molar-refractivity contribution in [3.8, 4) is 5.75 Å². The highest BCUT2D eigenvalue weighted by molar-refractivity contribution is 7.98. The van der Waals surface area contributed by atoms with Crippen LogP contribution in [0.15, 0.2) is 107 Å². The van der Waals surface area contributed by atoms with Crippen molar-refractivity contribution >= 4 is 50.7 Å². The van der Waals surface area contributed by atoms with E-state index in [0.717, 1.165) is 16.9 Å². The SMILES string of the molecule is Cc1cc(CSc2ccccc2)ccc1NC(=O)[C@H]1CN(S(=O)(=O)c2ccc(Cl)cc2)c2ccccc2O1. The van der Waals surface area contributed by atoms with E-state index < -0.39 is 22.0 Å². The number of carbonyl (C=O) groups excluding carboxylic acids is 1. The molecule has 6 nitrogen and oxygen atoms in total. The van der Waals surface area contributed by atoms with Crippen LogP contribution in [0.2, 0.25) is 5.02 Å². The van der Waals surface area contributed by atoms with Crippen LogP contribution in [0.1, 0.15) is 11.1 Å². The molecule has 1 aliphatic rings. The molecule has 0 fully saturated rings. The Morgan fingerprint density at radius 3 is 2.45 bits per heavy atom. The highest BCUT2D eigenvalue weighted by Gasteiger charge is 2.37. The Morgan fingerprint density at radius 2 is 1.71 bits per heavy atom. The van der Waals surface area contributed by atoms with Crippen LogP contribution in [-0.4, -0.2) is 27.0 Å². The summed E-state index contributed by atoms with van der Waals surface area (Å²) in [5.41, 5.74) is 3.07. The largest absolute Gasteiger partial charge is 0.476 e. The number of anilines is 2. The topological polar surface area (TPSA) is 75.7 Å². The van der Waals surface area contributed by atoms with Crippen molar-refractivity contribution in [1.82, 2.24) is 0 Å². The molecular weight excluding hydrogens is 540 g/mol. The molecule has 0 aromatic heterocycles. The zero-order valence-electron chi connectivity index (χ0n) is 20.5. The molecule has 1 amide bonds. The van der Waals surface area contributed by atoms with E-state index in [4.69, 9.17) is 16.3 Å². The molecule has 5 rings (SSSR count). The Balaban J connectivity index is 1.33. The number of hydrogen-bond donors (Lipinski definition) is 1. The summed E-state index contributed by atoms with van der Waals surface area (Å²) in [6, 6.07) is 28.8. The third-order valence-electron chi connectivity index (χ3n) is 6.13. The molecule has 194 valence electrons. The first kappa shape index (κ1) is 26.2. The van der Waals surface area contributed by atoms with E-state index >= 15 is 0 Å². The number of ether oxygens (including phenoxy) is 1. The minimum atomic E-state index is -3.96. The Kier molecular flexibility index (Phi) is 7.65. The summed E-state index contributed by atoms with van der Waals surface area (Å²) in [5.74, 6) is 0.700. The number of hydrogen-bond acceptors (Lipinski definition) is 5. The van der Waals surface area contributed by atoms with Gasteiger partial charge in [-0.1, -0.05) is 54.1 Å². The van der Waals surface area contributed by atoms with Crippen molar-refractivity contribution in [2.24, 2.45) is 0 Å². The third-order valence-corrected chi connectivity index (χ3v) is 9.26. The highest BCUT2D eigenvalue weighted by atomic mass is 35.5. The van der Waals surface area contributed by atoms with E-state index in [1.807, 2.05) is 43.3 Å². The molecule has 0 saturated heterocycles. The van der Waals surface area contributed by atoms with Gasteiger partial charge in [0.2, 0.25) is 0 Å². The van der Waals surface area contributed by atoms with Gasteiger partial charge in [-0.3, -0.25) is 9.10 Å². The molecule has 0 radical (unpaired) electrons. The molecule has 4 aromatic rings. The monoisotopic (exact) mass is 564 g/mol. The van der Waals surface area contributed by atoms with Gasteiger partial charge in [-0.05, 0) is 72.6 Å². The average Bonchev–Trinajstić information content (AvgIpc) is 2.93. The van der Waals surface area contributed by atoms with E-state index in [1.165, 1.54) is 33.5 Å². The van der Waals surface area contributed by atoms with Crippen LogP contribution in [0.3, 0.4) is 0 Å². The number of fused-ring (bicyclic) bond motifs is 1. The molecular formula is C29H25ClN2O4S2. The lowest BCUT2D eigenvalue weighted by atomic mass is 10.1. The minimum absolute atomic E-state index is 0.0811. The fourth-order valence-corrected chi connectivity index (χ4v) is 6.62. The maximum atomic E-state index is 13.5. The van der Waals surface area contributed by atoms with Gasteiger partial charge >= 0.3 is 0 Å². The standard InChI is InChI=1S/C29H25ClN2O4S2/c1-20-17-21(19-37-23-7-3-2-4-8-23)11-16-25(20)31-29(33)28-18-32(26-9-5-6-10-27(26)36-28)38(34,35)24-14-12-22(30)13-15-24/h2-17,28H,18-19H2,1H3,(H,31,33)/t28-/m1/s1. The minimum Gasteiger partial charge on any atom is -0.476 e. The molecule has 1 atom stereocenters. The van der Waals surface area contributed by atoms with Crippen molar-refractivity contribution in [2.75, 3.05) is 16.2 Å². The van der Waals surface area contributed by atoms with Gasteiger partial charge in [0.15, 0.2) is 6.10 Å². The van der Waals surface area contributed by atoms with E-state index in [9.17, 15) is 13.2 Å². The molecule has 4 aromatic carbocycles. The van der Waals surface area contributed by atoms with Crippen molar-refractivity contribution in [2.45, 2.75) is 28.6 Å². The van der Waals surface area contributed by atoms with Gasteiger partial charge in [0, 0.05) is 21.4 Å². The fraction of sp³-hybridized carbons (Fsp3) is 0.138.